The Labute approximate surface area is 224 Å². The fourth-order valence-corrected chi connectivity index (χ4v) is 5.31. The average Bonchev–Trinajstić information content (AvgIpc) is 3.49. The number of nitrogens with one attached hydrogen (secondary N) is 2. The average molecular weight is 533 g/mol. The van der Waals surface area contributed by atoms with Gasteiger partial charge in [-0.25, -0.2) is 4.39 Å². The van der Waals surface area contributed by atoms with Crippen LogP contribution in [0.15, 0.2) is 99.5 Å². The molecule has 1 fully saturated rings. The van der Waals surface area contributed by atoms with Crippen LogP contribution in [0, 0.1) is 12.7 Å². The first kappa shape index (κ1) is 25.0. The molecule has 0 saturated carbocycles. The maximum atomic E-state index is 13.2. The van der Waals surface area contributed by atoms with Gasteiger partial charge in [0.15, 0.2) is 10.2 Å². The lowest BCUT2D eigenvalue weighted by atomic mass is 10.0. The van der Waals surface area contributed by atoms with Crippen LogP contribution in [-0.4, -0.2) is 27.4 Å². The van der Waals surface area contributed by atoms with Crippen molar-refractivity contribution in [2.24, 2.45) is 0 Å². The Morgan fingerprint density at radius 2 is 1.89 bits per heavy atom. The van der Waals surface area contributed by atoms with Gasteiger partial charge in [-0.3, -0.25) is 9.78 Å². The standard InChI is InChI=1S/C28H25FN4O2S2/c1-18-5-11-21(12-6-18)37-25-14-13-23(35-25)27-26(22-4-2-3-16-30-22)32-28(36)33(27)17-15-24(34)31-20-9-7-19(29)8-10-20/h2-14,16,26-27H,15,17H2,1H3,(H,31,34)(H,32,36)/t26-,27+/m1/s1. The minimum atomic E-state index is -0.353. The number of rotatable bonds is 8. The van der Waals surface area contributed by atoms with E-state index in [2.05, 4.69) is 46.8 Å². The van der Waals surface area contributed by atoms with Gasteiger partial charge in [0.2, 0.25) is 5.91 Å². The van der Waals surface area contributed by atoms with E-state index in [1.54, 1.807) is 18.0 Å². The van der Waals surface area contributed by atoms with Crippen molar-refractivity contribution in [1.29, 1.82) is 0 Å². The van der Waals surface area contributed by atoms with Crippen LogP contribution in [-0.2, 0) is 4.79 Å². The Morgan fingerprint density at radius 1 is 1.11 bits per heavy atom. The van der Waals surface area contributed by atoms with Gasteiger partial charge >= 0.3 is 0 Å². The van der Waals surface area contributed by atoms with Gasteiger partial charge in [0.25, 0.3) is 0 Å². The van der Waals surface area contributed by atoms with Crippen molar-refractivity contribution in [3.05, 3.63) is 108 Å². The first-order valence-electron chi connectivity index (χ1n) is 11.8. The second-order valence-electron chi connectivity index (χ2n) is 8.70. The van der Waals surface area contributed by atoms with Crippen molar-refractivity contribution in [2.75, 3.05) is 11.9 Å². The quantitative estimate of drug-likeness (QED) is 0.259. The van der Waals surface area contributed by atoms with E-state index in [9.17, 15) is 9.18 Å². The monoisotopic (exact) mass is 532 g/mol. The number of amides is 1. The molecule has 0 unspecified atom stereocenters. The molecule has 0 spiro atoms. The highest BCUT2D eigenvalue weighted by Crippen LogP contribution is 2.41. The first-order valence-corrected chi connectivity index (χ1v) is 13.1. The molecular formula is C28H25FN4O2S2. The molecule has 5 rings (SSSR count). The van der Waals surface area contributed by atoms with Gasteiger partial charge in [0.05, 0.1) is 11.7 Å². The number of hydrogen-bond donors (Lipinski definition) is 2. The summed E-state index contributed by atoms with van der Waals surface area (Å²) in [5.41, 5.74) is 2.57. The van der Waals surface area contributed by atoms with Crippen molar-refractivity contribution >= 4 is 40.7 Å². The van der Waals surface area contributed by atoms with E-state index in [-0.39, 0.29) is 30.2 Å². The van der Waals surface area contributed by atoms with E-state index in [1.165, 1.54) is 29.8 Å². The zero-order valence-electron chi connectivity index (χ0n) is 20.1. The van der Waals surface area contributed by atoms with Crippen molar-refractivity contribution in [3.8, 4) is 0 Å². The Hall–Kier alpha value is -3.69. The number of thiocarbonyl (C=S) groups is 1. The van der Waals surface area contributed by atoms with Crippen molar-refractivity contribution < 1.29 is 13.6 Å². The molecule has 9 heteroatoms. The van der Waals surface area contributed by atoms with Crippen LogP contribution < -0.4 is 10.6 Å². The molecule has 2 aromatic carbocycles. The molecule has 2 atom stereocenters. The molecule has 1 amide bonds. The highest BCUT2D eigenvalue weighted by molar-refractivity contribution is 7.99. The van der Waals surface area contributed by atoms with Crippen molar-refractivity contribution in [3.63, 3.8) is 0 Å². The number of furan rings is 1. The van der Waals surface area contributed by atoms with Crippen LogP contribution >= 0.6 is 24.0 Å². The minimum Gasteiger partial charge on any atom is -0.452 e. The Bertz CT molecular complexity index is 1380. The molecule has 1 aliphatic heterocycles. The maximum Gasteiger partial charge on any atom is 0.226 e. The fourth-order valence-electron chi connectivity index (χ4n) is 4.20. The molecular weight excluding hydrogens is 507 g/mol. The lowest BCUT2D eigenvalue weighted by molar-refractivity contribution is -0.116. The molecule has 37 heavy (non-hydrogen) atoms. The Kier molecular flexibility index (Phi) is 7.52. The third-order valence-corrected chi connectivity index (χ3v) is 7.32. The van der Waals surface area contributed by atoms with Crippen LogP contribution in [0.2, 0.25) is 0 Å². The summed E-state index contributed by atoms with van der Waals surface area (Å²) in [4.78, 5) is 20.2. The second kappa shape index (κ2) is 11.1. The third-order valence-electron chi connectivity index (χ3n) is 6.04. The summed E-state index contributed by atoms with van der Waals surface area (Å²) < 4.78 is 19.5. The van der Waals surface area contributed by atoms with Crippen LogP contribution in [0.5, 0.6) is 0 Å². The number of benzene rings is 2. The number of nitrogens with zero attached hydrogens (tertiary/aromatic N) is 2. The van der Waals surface area contributed by atoms with Gasteiger partial charge in [-0.05, 0) is 79.8 Å². The molecule has 1 aliphatic rings. The van der Waals surface area contributed by atoms with Crippen LogP contribution in [0.25, 0.3) is 0 Å². The molecule has 1 saturated heterocycles. The molecule has 0 radical (unpaired) electrons. The summed E-state index contributed by atoms with van der Waals surface area (Å²) in [5, 5.41) is 7.47. The molecule has 2 aromatic heterocycles. The molecule has 0 bridgehead atoms. The van der Waals surface area contributed by atoms with Crippen LogP contribution in [0.4, 0.5) is 10.1 Å². The number of aryl methyl sites for hydroxylation is 1. The lowest BCUT2D eigenvalue weighted by Gasteiger charge is -2.25. The normalized spacial score (nSPS) is 17.0. The number of hydrogen-bond acceptors (Lipinski definition) is 5. The summed E-state index contributed by atoms with van der Waals surface area (Å²) in [5.74, 6) is 0.189. The number of anilines is 1. The third kappa shape index (κ3) is 6.00. The smallest absolute Gasteiger partial charge is 0.226 e. The van der Waals surface area contributed by atoms with Gasteiger partial charge in [0, 0.05) is 29.7 Å². The molecule has 3 heterocycles. The summed E-state index contributed by atoms with van der Waals surface area (Å²) in [6, 6.07) is 23.1. The van der Waals surface area contributed by atoms with E-state index in [4.69, 9.17) is 16.6 Å². The van der Waals surface area contributed by atoms with Gasteiger partial charge in [-0.1, -0.05) is 35.5 Å². The maximum absolute atomic E-state index is 13.2. The second-order valence-corrected chi connectivity index (χ2v) is 10.2. The Balaban J connectivity index is 1.35. The summed E-state index contributed by atoms with van der Waals surface area (Å²) >= 11 is 7.23. The molecule has 4 aromatic rings. The molecule has 2 N–H and O–H groups in total. The van der Waals surface area contributed by atoms with Gasteiger partial charge in [-0.2, -0.15) is 0 Å². The van der Waals surface area contributed by atoms with Gasteiger partial charge < -0.3 is 20.0 Å². The lowest BCUT2D eigenvalue weighted by Crippen LogP contribution is -2.32. The fraction of sp³-hybridized carbons (Fsp3) is 0.179. The van der Waals surface area contributed by atoms with E-state index in [0.29, 0.717) is 17.3 Å². The van der Waals surface area contributed by atoms with Gasteiger partial charge in [0.1, 0.15) is 17.6 Å². The zero-order chi connectivity index (χ0) is 25.8. The Morgan fingerprint density at radius 3 is 2.62 bits per heavy atom. The van der Waals surface area contributed by atoms with Gasteiger partial charge in [-0.15, -0.1) is 0 Å². The molecule has 6 nitrogen and oxygen atoms in total. The summed E-state index contributed by atoms with van der Waals surface area (Å²) in [6.07, 6.45) is 1.94. The highest BCUT2D eigenvalue weighted by Gasteiger charge is 2.41. The number of pyridine rings is 1. The number of aromatic nitrogens is 1. The molecule has 0 aliphatic carbocycles. The number of carbonyl (C=O) groups is 1. The predicted molar refractivity (Wildman–Crippen MR) is 146 cm³/mol. The van der Waals surface area contributed by atoms with Crippen LogP contribution in [0.3, 0.4) is 0 Å². The summed E-state index contributed by atoms with van der Waals surface area (Å²) in [7, 11) is 0. The van der Waals surface area contributed by atoms with Crippen molar-refractivity contribution in [1.82, 2.24) is 15.2 Å². The topological polar surface area (TPSA) is 70.4 Å². The first-order chi connectivity index (χ1) is 18.0. The van der Waals surface area contributed by atoms with E-state index < -0.39 is 0 Å². The van der Waals surface area contributed by atoms with Crippen LogP contribution in [0.1, 0.15) is 35.5 Å². The SMILES string of the molecule is Cc1ccc(Sc2ccc([C@H]3[C@@H](c4ccccn4)NC(=S)N3CCC(=O)Nc3ccc(F)cc3)o2)cc1. The van der Waals surface area contributed by atoms with E-state index >= 15 is 0 Å². The zero-order valence-corrected chi connectivity index (χ0v) is 21.7. The summed E-state index contributed by atoms with van der Waals surface area (Å²) in [6.45, 7) is 2.43. The predicted octanol–water partition coefficient (Wildman–Crippen LogP) is 6.27. The minimum absolute atomic E-state index is 0.190. The number of carbonyl (C=O) groups excluding carboxylic acids is 1. The number of halogens is 1. The molecule has 188 valence electrons. The van der Waals surface area contributed by atoms with E-state index in [0.717, 1.165) is 21.4 Å². The largest absolute Gasteiger partial charge is 0.452 e. The van der Waals surface area contributed by atoms with Crippen molar-refractivity contribution in [2.45, 2.75) is 35.4 Å². The highest BCUT2D eigenvalue weighted by atomic mass is 32.2. The van der Waals surface area contributed by atoms with E-state index in [1.807, 2.05) is 35.2 Å².